The molecule has 0 spiro atoms. The second kappa shape index (κ2) is 9.32. The van der Waals surface area contributed by atoms with Gasteiger partial charge in [-0.2, -0.15) is 0 Å². The Morgan fingerprint density at radius 1 is 1.00 bits per heavy atom. The maximum Gasteiger partial charge on any atom is 0.178 e. The van der Waals surface area contributed by atoms with E-state index in [9.17, 15) is 5.21 Å². The molecule has 3 rings (SSSR count). The van der Waals surface area contributed by atoms with Gasteiger partial charge in [0.15, 0.2) is 11.5 Å². The molecule has 0 radical (unpaired) electrons. The number of ether oxygens (including phenoxy) is 2. The third-order valence-electron chi connectivity index (χ3n) is 6.01. The molecule has 27 heavy (non-hydrogen) atoms. The fraction of sp³-hybridized carbons (Fsp3) is 0.565. The van der Waals surface area contributed by atoms with E-state index >= 15 is 0 Å². The van der Waals surface area contributed by atoms with E-state index in [1.54, 1.807) is 14.2 Å². The Morgan fingerprint density at radius 3 is 2.44 bits per heavy atom. The van der Waals surface area contributed by atoms with Gasteiger partial charge in [0.2, 0.25) is 0 Å². The Hall–Kier alpha value is -1.94. The molecule has 2 atom stereocenters. The minimum atomic E-state index is -0.0816. The third kappa shape index (κ3) is 4.32. The molecule has 148 valence electrons. The molecule has 1 fully saturated rings. The number of hydrogen-bond acceptors (Lipinski definition) is 4. The van der Waals surface area contributed by atoms with E-state index in [0.717, 1.165) is 42.9 Å². The highest BCUT2D eigenvalue weighted by Gasteiger charge is 2.37. The van der Waals surface area contributed by atoms with Crippen molar-refractivity contribution in [3.05, 3.63) is 63.9 Å². The largest absolute Gasteiger partial charge is 0.758 e. The Labute approximate surface area is 163 Å². The first-order chi connectivity index (χ1) is 13.2. The highest BCUT2D eigenvalue weighted by atomic mass is 16.5. The molecule has 1 aromatic carbocycles. The van der Waals surface area contributed by atoms with Crippen molar-refractivity contribution in [3.63, 3.8) is 0 Å². The summed E-state index contributed by atoms with van der Waals surface area (Å²) < 4.78 is 11.3. The van der Waals surface area contributed by atoms with E-state index in [1.807, 2.05) is 6.92 Å². The van der Waals surface area contributed by atoms with Crippen LogP contribution < -0.4 is 0 Å². The van der Waals surface area contributed by atoms with Gasteiger partial charge in [0.25, 0.3) is 0 Å². The van der Waals surface area contributed by atoms with Crippen LogP contribution in [0.1, 0.15) is 57.4 Å². The summed E-state index contributed by atoms with van der Waals surface area (Å²) >= 11 is 0. The summed E-state index contributed by atoms with van der Waals surface area (Å²) in [6.07, 6.45) is 9.04. The maximum atomic E-state index is 12.8. The van der Waals surface area contributed by atoms with Crippen molar-refractivity contribution in [1.29, 1.82) is 0 Å². The highest BCUT2D eigenvalue weighted by Crippen LogP contribution is 2.44. The second-order valence-electron chi connectivity index (χ2n) is 7.66. The standard InChI is InChI=1S/C23H32NO3/c1-17-22(26-2)23(27-3)21-19(15-10-16-20(21)24(17)25)14-9-5-8-13-18-11-6-4-7-12-18/h4,6-7,11-12,19-20H,5,8-10,13-16H2,1-3H3/q-1/t19-,20?/m1/s1. The van der Waals surface area contributed by atoms with Crippen molar-refractivity contribution in [1.82, 2.24) is 5.06 Å². The first kappa shape index (κ1) is 19.8. The van der Waals surface area contributed by atoms with Crippen LogP contribution in [-0.4, -0.2) is 25.3 Å². The Morgan fingerprint density at radius 2 is 1.74 bits per heavy atom. The summed E-state index contributed by atoms with van der Waals surface area (Å²) in [4.78, 5) is 0. The normalized spacial score (nSPS) is 22.7. The Balaban J connectivity index is 1.63. The van der Waals surface area contributed by atoms with Gasteiger partial charge in [-0.1, -0.05) is 49.6 Å². The molecule has 0 aromatic heterocycles. The van der Waals surface area contributed by atoms with E-state index < -0.39 is 0 Å². The lowest BCUT2D eigenvalue weighted by Gasteiger charge is -2.49. The molecule has 1 aromatic rings. The predicted octanol–water partition coefficient (Wildman–Crippen LogP) is 5.55. The van der Waals surface area contributed by atoms with Crippen molar-refractivity contribution >= 4 is 0 Å². The third-order valence-corrected chi connectivity index (χ3v) is 6.01. The molecule has 0 N–H and O–H groups in total. The van der Waals surface area contributed by atoms with Crippen LogP contribution in [0.4, 0.5) is 0 Å². The van der Waals surface area contributed by atoms with Crippen LogP contribution in [0.5, 0.6) is 0 Å². The minimum absolute atomic E-state index is 0.0816. The van der Waals surface area contributed by atoms with Crippen LogP contribution in [0, 0.1) is 11.1 Å². The van der Waals surface area contributed by atoms with Crippen LogP contribution in [0.3, 0.4) is 0 Å². The zero-order valence-electron chi connectivity index (χ0n) is 16.9. The van der Waals surface area contributed by atoms with Gasteiger partial charge in [0.1, 0.15) is 0 Å². The number of hydroxylamine groups is 2. The van der Waals surface area contributed by atoms with Gasteiger partial charge in [-0.25, -0.2) is 0 Å². The predicted molar refractivity (Wildman–Crippen MR) is 109 cm³/mol. The molecule has 0 amide bonds. The molecular weight excluding hydrogens is 338 g/mol. The molecule has 1 aliphatic heterocycles. The molecule has 1 saturated carbocycles. The quantitative estimate of drug-likeness (QED) is 0.563. The van der Waals surface area contributed by atoms with Crippen molar-refractivity contribution < 1.29 is 9.47 Å². The van der Waals surface area contributed by atoms with Gasteiger partial charge in [-0.3, -0.25) is 0 Å². The number of fused-ring (bicyclic) bond motifs is 1. The van der Waals surface area contributed by atoms with Gasteiger partial charge >= 0.3 is 0 Å². The lowest BCUT2D eigenvalue weighted by Crippen LogP contribution is -2.41. The van der Waals surface area contributed by atoms with Crippen molar-refractivity contribution in [2.45, 2.75) is 64.3 Å². The second-order valence-corrected chi connectivity index (χ2v) is 7.66. The summed E-state index contributed by atoms with van der Waals surface area (Å²) in [5.74, 6) is 1.83. The summed E-state index contributed by atoms with van der Waals surface area (Å²) in [5.41, 5.74) is 3.22. The van der Waals surface area contributed by atoms with Gasteiger partial charge in [-0.05, 0) is 50.5 Å². The fourth-order valence-electron chi connectivity index (χ4n) is 4.64. The van der Waals surface area contributed by atoms with Crippen molar-refractivity contribution in [3.8, 4) is 0 Å². The van der Waals surface area contributed by atoms with E-state index in [4.69, 9.17) is 9.47 Å². The number of rotatable bonds is 8. The number of nitrogens with zero attached hydrogens (tertiary/aromatic N) is 1. The van der Waals surface area contributed by atoms with E-state index in [1.165, 1.54) is 30.4 Å². The first-order valence-corrected chi connectivity index (χ1v) is 10.2. The zero-order chi connectivity index (χ0) is 19.2. The molecule has 1 heterocycles. The van der Waals surface area contributed by atoms with Crippen LogP contribution in [0.2, 0.25) is 0 Å². The monoisotopic (exact) mass is 370 g/mol. The minimum Gasteiger partial charge on any atom is -0.758 e. The topological polar surface area (TPSA) is 44.8 Å². The van der Waals surface area contributed by atoms with Crippen LogP contribution in [0.15, 0.2) is 53.1 Å². The van der Waals surface area contributed by atoms with E-state index in [-0.39, 0.29) is 6.04 Å². The van der Waals surface area contributed by atoms with Gasteiger partial charge in [-0.15, -0.1) is 0 Å². The van der Waals surface area contributed by atoms with Crippen LogP contribution in [-0.2, 0) is 15.9 Å². The van der Waals surface area contributed by atoms with Crippen molar-refractivity contribution in [2.75, 3.05) is 14.2 Å². The average molecular weight is 371 g/mol. The highest BCUT2D eigenvalue weighted by molar-refractivity contribution is 5.40. The molecule has 2 aliphatic rings. The average Bonchev–Trinajstić information content (AvgIpc) is 2.71. The number of methoxy groups -OCH3 is 2. The van der Waals surface area contributed by atoms with E-state index in [0.29, 0.717) is 17.4 Å². The van der Waals surface area contributed by atoms with Gasteiger partial charge in [0, 0.05) is 17.3 Å². The van der Waals surface area contributed by atoms with Gasteiger partial charge < -0.3 is 19.7 Å². The molecule has 4 heteroatoms. The van der Waals surface area contributed by atoms with E-state index in [2.05, 4.69) is 30.3 Å². The number of allylic oxidation sites excluding steroid dienone is 1. The maximum absolute atomic E-state index is 12.8. The number of aryl methyl sites for hydroxylation is 1. The smallest absolute Gasteiger partial charge is 0.178 e. The SMILES string of the molecule is COC1=C2C(CCC[C@H]2CCCCCc2ccccc2)N([O-])C(C)=C1OC. The number of unbranched alkanes of at least 4 members (excludes halogenated alkanes) is 2. The lowest BCUT2D eigenvalue weighted by atomic mass is 9.75. The number of hydrogen-bond donors (Lipinski definition) is 0. The fourth-order valence-corrected chi connectivity index (χ4v) is 4.64. The summed E-state index contributed by atoms with van der Waals surface area (Å²) in [6, 6.07) is 10.6. The first-order valence-electron chi connectivity index (χ1n) is 10.2. The Bertz CT molecular complexity index is 680. The van der Waals surface area contributed by atoms with Crippen molar-refractivity contribution in [2.24, 2.45) is 5.92 Å². The summed E-state index contributed by atoms with van der Waals surface area (Å²) in [5, 5.41) is 13.9. The molecule has 1 aliphatic carbocycles. The lowest BCUT2D eigenvalue weighted by molar-refractivity contribution is 0.162. The van der Waals surface area contributed by atoms with Gasteiger partial charge in [0.05, 0.1) is 14.2 Å². The molecule has 0 bridgehead atoms. The molecule has 4 nitrogen and oxygen atoms in total. The van der Waals surface area contributed by atoms with Crippen LogP contribution in [0.25, 0.3) is 0 Å². The molecular formula is C23H32NO3-. The van der Waals surface area contributed by atoms with Crippen LogP contribution >= 0.6 is 0 Å². The summed E-state index contributed by atoms with van der Waals surface area (Å²) in [7, 11) is 3.31. The summed E-state index contributed by atoms with van der Waals surface area (Å²) in [6.45, 7) is 1.83. The zero-order valence-corrected chi connectivity index (χ0v) is 16.9. The Kier molecular flexibility index (Phi) is 6.84. The molecule has 1 unspecified atom stereocenters. The molecule has 0 saturated heterocycles. The number of benzene rings is 1.